The zero-order chi connectivity index (χ0) is 30.7. The van der Waals surface area contributed by atoms with Crippen molar-refractivity contribution in [1.82, 2.24) is 19.8 Å². The van der Waals surface area contributed by atoms with E-state index in [9.17, 15) is 19.5 Å². The van der Waals surface area contributed by atoms with E-state index in [-0.39, 0.29) is 12.1 Å². The van der Waals surface area contributed by atoms with Crippen molar-refractivity contribution in [3.8, 4) is 5.69 Å². The van der Waals surface area contributed by atoms with Crippen molar-refractivity contribution in [1.29, 1.82) is 0 Å². The molecule has 5 rings (SSSR count). The van der Waals surface area contributed by atoms with E-state index in [1.165, 1.54) is 5.56 Å². The van der Waals surface area contributed by atoms with Crippen LogP contribution in [0.15, 0.2) is 30.6 Å². The first-order valence-electron chi connectivity index (χ1n) is 15.5. The minimum atomic E-state index is -1.06. The number of likely N-dealkylation sites (tertiary alicyclic amines) is 1. The van der Waals surface area contributed by atoms with E-state index in [1.54, 1.807) is 34.0 Å². The molecule has 2 unspecified atom stereocenters. The van der Waals surface area contributed by atoms with Crippen LogP contribution in [-0.4, -0.2) is 80.8 Å². The van der Waals surface area contributed by atoms with Crippen LogP contribution in [0.25, 0.3) is 5.69 Å². The molecule has 2 N–H and O–H groups in total. The maximum Gasteiger partial charge on any atom is 0.508 e. The summed E-state index contributed by atoms with van der Waals surface area (Å²) in [4.78, 5) is 45.1. The molecule has 1 aromatic heterocycles. The number of fused-ring (bicyclic) bond motifs is 3. The standard InChI is InChI=1S/C32H44N4O7/c1-20(41-31(40)42-23-11-6-5-7-12-23)26(27-25-15-14-21-10-8-9-13-24(21)36(25)19-33-27)28(29(37)38)35-17-16-22(18-35)34-30(39)43-32(2,3)4/h8-10,13,19-20,22-23,26,28H,5-7,11-12,14-18H2,1-4H3,(H,34,39)(H,37,38)/t20?,22-,26?,28-/m0/s1. The number of ether oxygens (including phenoxy) is 3. The first kappa shape index (κ1) is 30.8. The van der Waals surface area contributed by atoms with Gasteiger partial charge in [0.2, 0.25) is 0 Å². The highest BCUT2D eigenvalue weighted by Crippen LogP contribution is 2.36. The highest BCUT2D eigenvalue weighted by atomic mass is 16.7. The Bertz CT molecular complexity index is 1310. The van der Waals surface area contributed by atoms with Crippen LogP contribution in [0.2, 0.25) is 0 Å². The Hall–Kier alpha value is -3.60. The van der Waals surface area contributed by atoms with Gasteiger partial charge < -0.3 is 29.2 Å². The van der Waals surface area contributed by atoms with Crippen molar-refractivity contribution < 1.29 is 33.7 Å². The van der Waals surface area contributed by atoms with Gasteiger partial charge in [-0.25, -0.2) is 14.6 Å². The van der Waals surface area contributed by atoms with Crippen molar-refractivity contribution in [2.24, 2.45) is 0 Å². The van der Waals surface area contributed by atoms with Gasteiger partial charge in [-0.15, -0.1) is 0 Å². The van der Waals surface area contributed by atoms with Crippen LogP contribution in [0, 0.1) is 0 Å². The van der Waals surface area contributed by atoms with Gasteiger partial charge in [-0.1, -0.05) is 24.6 Å². The molecule has 4 atom stereocenters. The largest absolute Gasteiger partial charge is 0.508 e. The van der Waals surface area contributed by atoms with Crippen molar-refractivity contribution in [2.75, 3.05) is 13.1 Å². The van der Waals surface area contributed by atoms with Crippen LogP contribution in [0.5, 0.6) is 0 Å². The van der Waals surface area contributed by atoms with Gasteiger partial charge in [0, 0.05) is 30.5 Å². The molecule has 0 radical (unpaired) electrons. The number of carbonyl (C=O) groups excluding carboxylic acids is 2. The molecule has 1 saturated carbocycles. The van der Waals surface area contributed by atoms with Crippen LogP contribution in [0.4, 0.5) is 9.59 Å². The average Bonchev–Trinajstić information content (AvgIpc) is 3.57. The third-order valence-corrected chi connectivity index (χ3v) is 8.63. The molecule has 234 valence electrons. The highest BCUT2D eigenvalue weighted by Gasteiger charge is 2.45. The summed E-state index contributed by atoms with van der Waals surface area (Å²) in [6.07, 6.45) is 6.18. The zero-order valence-electron chi connectivity index (χ0n) is 25.6. The number of alkyl carbamates (subject to hydrolysis) is 1. The van der Waals surface area contributed by atoms with Crippen molar-refractivity contribution in [3.63, 3.8) is 0 Å². The van der Waals surface area contributed by atoms with Gasteiger partial charge in [0.15, 0.2) is 0 Å². The molecule has 1 aromatic carbocycles. The van der Waals surface area contributed by atoms with Crippen LogP contribution in [0.1, 0.15) is 89.1 Å². The van der Waals surface area contributed by atoms with Gasteiger partial charge in [0.25, 0.3) is 0 Å². The molecule has 0 spiro atoms. The van der Waals surface area contributed by atoms with Gasteiger partial charge in [-0.2, -0.15) is 0 Å². The van der Waals surface area contributed by atoms with E-state index in [4.69, 9.17) is 19.2 Å². The number of nitrogens with one attached hydrogen (secondary N) is 1. The Morgan fingerprint density at radius 2 is 1.81 bits per heavy atom. The van der Waals surface area contributed by atoms with Crippen LogP contribution in [-0.2, 0) is 31.8 Å². The number of amides is 1. The van der Waals surface area contributed by atoms with E-state index < -0.39 is 41.9 Å². The van der Waals surface area contributed by atoms with Crippen LogP contribution < -0.4 is 5.32 Å². The zero-order valence-corrected chi connectivity index (χ0v) is 25.6. The molecular weight excluding hydrogens is 552 g/mol. The topological polar surface area (TPSA) is 132 Å². The predicted octanol–water partition coefficient (Wildman–Crippen LogP) is 4.98. The molecule has 3 heterocycles. The fourth-order valence-corrected chi connectivity index (χ4v) is 6.70. The minimum absolute atomic E-state index is 0.183. The molecule has 2 fully saturated rings. The molecule has 1 amide bonds. The molecule has 1 saturated heterocycles. The number of hydrogen-bond acceptors (Lipinski definition) is 8. The monoisotopic (exact) mass is 596 g/mol. The Morgan fingerprint density at radius 1 is 1.07 bits per heavy atom. The van der Waals surface area contributed by atoms with Crippen LogP contribution in [0.3, 0.4) is 0 Å². The first-order chi connectivity index (χ1) is 20.5. The Kier molecular flexibility index (Phi) is 9.29. The van der Waals surface area contributed by atoms with Gasteiger partial charge >= 0.3 is 18.2 Å². The summed E-state index contributed by atoms with van der Waals surface area (Å²) in [7, 11) is 0. The Morgan fingerprint density at radius 3 is 2.53 bits per heavy atom. The summed E-state index contributed by atoms with van der Waals surface area (Å²) in [6, 6.07) is 6.76. The van der Waals surface area contributed by atoms with E-state index in [2.05, 4.69) is 11.4 Å². The van der Waals surface area contributed by atoms with E-state index >= 15 is 0 Å². The highest BCUT2D eigenvalue weighted by molar-refractivity contribution is 5.75. The summed E-state index contributed by atoms with van der Waals surface area (Å²) in [5, 5.41) is 13.5. The lowest BCUT2D eigenvalue weighted by Gasteiger charge is -2.35. The number of aryl methyl sites for hydroxylation is 1. The maximum atomic E-state index is 13.1. The van der Waals surface area contributed by atoms with Crippen LogP contribution >= 0.6 is 0 Å². The molecular formula is C32H44N4O7. The summed E-state index contributed by atoms with van der Waals surface area (Å²) in [5.74, 6) is -1.82. The number of aliphatic carboxylic acids is 1. The SMILES string of the molecule is CC(OC(=O)OC1CCCCC1)C(c1ncn2c1CCc1ccccc1-2)[C@@H](C(=O)O)N1CC[C@H](NC(=O)OC(C)(C)C)C1. The molecule has 1 aliphatic carbocycles. The molecule has 43 heavy (non-hydrogen) atoms. The minimum Gasteiger partial charge on any atom is -0.480 e. The number of imidazole rings is 1. The van der Waals surface area contributed by atoms with Gasteiger partial charge in [0.05, 0.1) is 17.9 Å². The van der Waals surface area contributed by atoms with Gasteiger partial charge in [0.1, 0.15) is 23.9 Å². The molecule has 2 aliphatic heterocycles. The van der Waals surface area contributed by atoms with Gasteiger partial charge in [-0.3, -0.25) is 9.69 Å². The third-order valence-electron chi connectivity index (χ3n) is 8.63. The number of carboxylic acid groups (broad SMARTS) is 1. The lowest BCUT2D eigenvalue weighted by Crippen LogP contribution is -2.50. The summed E-state index contributed by atoms with van der Waals surface area (Å²) in [6.45, 7) is 7.85. The predicted molar refractivity (Wildman–Crippen MR) is 158 cm³/mol. The number of aromatic nitrogens is 2. The average molecular weight is 597 g/mol. The number of rotatable bonds is 8. The number of hydrogen-bond donors (Lipinski definition) is 2. The summed E-state index contributed by atoms with van der Waals surface area (Å²) >= 11 is 0. The molecule has 3 aliphatic rings. The second kappa shape index (κ2) is 13.0. The molecule has 11 heteroatoms. The quantitative estimate of drug-likeness (QED) is 0.405. The Balaban J connectivity index is 1.41. The first-order valence-corrected chi connectivity index (χ1v) is 15.5. The summed E-state index contributed by atoms with van der Waals surface area (Å²) in [5.41, 5.74) is 3.08. The van der Waals surface area contributed by atoms with E-state index in [0.29, 0.717) is 31.6 Å². The third kappa shape index (κ3) is 7.31. The number of nitrogens with zero attached hydrogens (tertiary/aromatic N) is 3. The van der Waals surface area contributed by atoms with Crippen molar-refractivity contribution >= 4 is 18.2 Å². The lowest BCUT2D eigenvalue weighted by molar-refractivity contribution is -0.145. The number of carbonyl (C=O) groups is 3. The molecule has 0 bridgehead atoms. The fraction of sp³-hybridized carbons (Fsp3) is 0.625. The van der Waals surface area contributed by atoms with E-state index in [1.807, 2.05) is 27.7 Å². The van der Waals surface area contributed by atoms with Crippen molar-refractivity contribution in [3.05, 3.63) is 47.5 Å². The number of benzene rings is 1. The number of para-hydroxylation sites is 1. The van der Waals surface area contributed by atoms with Crippen molar-refractivity contribution in [2.45, 2.75) is 115 Å². The van der Waals surface area contributed by atoms with Gasteiger partial charge in [-0.05, 0) is 84.3 Å². The second-order valence-corrected chi connectivity index (χ2v) is 13.0. The second-order valence-electron chi connectivity index (χ2n) is 13.0. The maximum absolute atomic E-state index is 13.1. The summed E-state index contributed by atoms with van der Waals surface area (Å²) < 4.78 is 18.9. The lowest BCUT2D eigenvalue weighted by atomic mass is 9.86. The fourth-order valence-electron chi connectivity index (χ4n) is 6.70. The molecule has 11 nitrogen and oxygen atoms in total. The smallest absolute Gasteiger partial charge is 0.480 e. The number of carboxylic acids is 1. The normalized spacial score (nSPS) is 21.2. The van der Waals surface area contributed by atoms with E-state index in [0.717, 1.165) is 49.9 Å². The molecule has 2 aromatic rings. The Labute approximate surface area is 252 Å².